The molecule has 7 nitrogen and oxygen atoms in total. The van der Waals surface area contributed by atoms with Gasteiger partial charge in [-0.2, -0.15) is 0 Å². The Morgan fingerprint density at radius 3 is 2.78 bits per heavy atom. The highest BCUT2D eigenvalue weighted by Crippen LogP contribution is 2.31. The molecule has 1 aliphatic heterocycles. The molecular formula is C10H11ClN2O5. The van der Waals surface area contributed by atoms with Crippen molar-refractivity contribution in [3.8, 4) is 0 Å². The summed E-state index contributed by atoms with van der Waals surface area (Å²) in [4.78, 5) is 24.7. The second-order valence-electron chi connectivity index (χ2n) is 3.87. The van der Waals surface area contributed by atoms with E-state index in [2.05, 4.69) is 6.58 Å². The topological polar surface area (TPSA) is 105 Å². The lowest BCUT2D eigenvalue weighted by molar-refractivity contribution is -0.0447. The Labute approximate surface area is 106 Å². The Morgan fingerprint density at radius 2 is 2.22 bits per heavy atom. The molecule has 0 radical (unpaired) electrons. The highest BCUT2D eigenvalue weighted by Gasteiger charge is 2.38. The summed E-state index contributed by atoms with van der Waals surface area (Å²) in [6, 6.07) is 0. The molecule has 0 saturated carbocycles. The SMILES string of the molecule is C=C1[C@H](n2cc(Cl)c(=O)[nH]c2=O)O[C@H](CO)[C@H]1O. The number of aliphatic hydroxyl groups excluding tert-OH is 2. The van der Waals surface area contributed by atoms with Crippen molar-refractivity contribution in [3.63, 3.8) is 0 Å². The molecule has 2 heterocycles. The van der Waals surface area contributed by atoms with E-state index < -0.39 is 36.3 Å². The zero-order valence-electron chi connectivity index (χ0n) is 9.17. The van der Waals surface area contributed by atoms with Crippen molar-refractivity contribution >= 4 is 11.6 Å². The van der Waals surface area contributed by atoms with E-state index in [1.54, 1.807) is 0 Å². The second-order valence-corrected chi connectivity index (χ2v) is 4.28. The number of ether oxygens (including phenoxy) is 1. The van der Waals surface area contributed by atoms with Crippen LogP contribution in [0.15, 0.2) is 27.9 Å². The number of aromatic amines is 1. The maximum Gasteiger partial charge on any atom is 0.330 e. The molecule has 0 aromatic carbocycles. The predicted octanol–water partition coefficient (Wildman–Crippen LogP) is -1.00. The average molecular weight is 275 g/mol. The molecule has 98 valence electrons. The minimum atomic E-state index is -1.09. The van der Waals surface area contributed by atoms with Crippen LogP contribution in [0, 0.1) is 0 Å². The summed E-state index contributed by atoms with van der Waals surface area (Å²) in [7, 11) is 0. The van der Waals surface area contributed by atoms with E-state index in [1.807, 2.05) is 4.98 Å². The molecule has 0 aliphatic carbocycles. The standard InChI is InChI=1S/C10H11ClN2O5/c1-4-7(15)6(3-14)18-9(4)13-2-5(11)8(16)12-10(13)17/h2,6-7,9,14-15H,1,3H2,(H,12,16,17)/t6-,7+,9-/m1/s1. The number of aromatic nitrogens is 2. The van der Waals surface area contributed by atoms with Crippen molar-refractivity contribution in [2.75, 3.05) is 6.61 Å². The number of hydrogen-bond donors (Lipinski definition) is 3. The average Bonchev–Trinajstić information content (AvgIpc) is 2.61. The second kappa shape index (κ2) is 4.69. The van der Waals surface area contributed by atoms with Crippen molar-refractivity contribution in [1.29, 1.82) is 0 Å². The van der Waals surface area contributed by atoms with E-state index >= 15 is 0 Å². The lowest BCUT2D eigenvalue weighted by Crippen LogP contribution is -2.33. The van der Waals surface area contributed by atoms with Crippen LogP contribution in [0.5, 0.6) is 0 Å². The van der Waals surface area contributed by atoms with Crippen LogP contribution in [0.4, 0.5) is 0 Å². The smallest absolute Gasteiger partial charge is 0.330 e. The molecule has 1 aliphatic rings. The van der Waals surface area contributed by atoms with Crippen LogP contribution in [0.2, 0.25) is 5.02 Å². The Kier molecular flexibility index (Phi) is 3.40. The third kappa shape index (κ3) is 2.01. The van der Waals surface area contributed by atoms with Crippen LogP contribution < -0.4 is 11.2 Å². The first-order chi connectivity index (χ1) is 8.45. The van der Waals surface area contributed by atoms with Gasteiger partial charge in [0.05, 0.1) is 6.61 Å². The number of H-pyrrole nitrogens is 1. The van der Waals surface area contributed by atoms with Crippen LogP contribution in [0.3, 0.4) is 0 Å². The molecule has 0 spiro atoms. The van der Waals surface area contributed by atoms with Crippen molar-refractivity contribution in [1.82, 2.24) is 9.55 Å². The number of rotatable bonds is 2. The van der Waals surface area contributed by atoms with Gasteiger partial charge in [-0.3, -0.25) is 14.3 Å². The van der Waals surface area contributed by atoms with Crippen molar-refractivity contribution in [3.05, 3.63) is 44.2 Å². The molecule has 1 aromatic rings. The van der Waals surface area contributed by atoms with E-state index in [4.69, 9.17) is 21.4 Å². The van der Waals surface area contributed by atoms with Gasteiger partial charge in [-0.05, 0) is 0 Å². The zero-order valence-corrected chi connectivity index (χ0v) is 9.92. The molecular weight excluding hydrogens is 264 g/mol. The van der Waals surface area contributed by atoms with Crippen LogP contribution >= 0.6 is 11.6 Å². The first-order valence-corrected chi connectivity index (χ1v) is 5.47. The molecule has 1 aromatic heterocycles. The van der Waals surface area contributed by atoms with Crippen LogP contribution in [-0.4, -0.2) is 38.6 Å². The van der Waals surface area contributed by atoms with Gasteiger partial charge in [0.25, 0.3) is 5.56 Å². The summed E-state index contributed by atoms with van der Waals surface area (Å²) >= 11 is 5.62. The molecule has 0 unspecified atom stereocenters. The Bertz CT molecular complexity index is 593. The lowest BCUT2D eigenvalue weighted by Gasteiger charge is -2.14. The van der Waals surface area contributed by atoms with E-state index in [9.17, 15) is 14.7 Å². The quantitative estimate of drug-likeness (QED) is 0.600. The van der Waals surface area contributed by atoms with Gasteiger partial charge < -0.3 is 14.9 Å². The summed E-state index contributed by atoms with van der Waals surface area (Å²) in [6.45, 7) is 3.19. The van der Waals surface area contributed by atoms with Crippen LogP contribution in [0.1, 0.15) is 6.23 Å². The van der Waals surface area contributed by atoms with Gasteiger partial charge in [-0.15, -0.1) is 0 Å². The fraction of sp³-hybridized carbons (Fsp3) is 0.400. The molecule has 18 heavy (non-hydrogen) atoms. The summed E-state index contributed by atoms with van der Waals surface area (Å²) < 4.78 is 6.28. The molecule has 2 rings (SSSR count). The summed E-state index contributed by atoms with van der Waals surface area (Å²) in [5, 5.41) is 18.5. The third-order valence-electron chi connectivity index (χ3n) is 2.71. The molecule has 0 amide bonds. The number of nitrogens with one attached hydrogen (secondary N) is 1. The Hall–Kier alpha value is -1.41. The summed E-state index contributed by atoms with van der Waals surface area (Å²) in [6.07, 6.45) is -1.82. The number of hydrogen-bond acceptors (Lipinski definition) is 5. The Balaban J connectivity index is 2.45. The number of halogens is 1. The van der Waals surface area contributed by atoms with Crippen LogP contribution in [-0.2, 0) is 4.74 Å². The lowest BCUT2D eigenvalue weighted by atomic mass is 10.1. The van der Waals surface area contributed by atoms with Gasteiger partial charge in [0.1, 0.15) is 17.2 Å². The van der Waals surface area contributed by atoms with Gasteiger partial charge in [0, 0.05) is 11.8 Å². The maximum absolute atomic E-state index is 11.6. The number of aliphatic hydroxyl groups is 2. The molecule has 1 saturated heterocycles. The summed E-state index contributed by atoms with van der Waals surface area (Å²) in [5.74, 6) is 0. The van der Waals surface area contributed by atoms with Crippen molar-refractivity contribution in [2.45, 2.75) is 18.4 Å². The monoisotopic (exact) mass is 274 g/mol. The third-order valence-corrected chi connectivity index (χ3v) is 2.98. The first-order valence-electron chi connectivity index (χ1n) is 5.09. The van der Waals surface area contributed by atoms with E-state index in [-0.39, 0.29) is 10.6 Å². The molecule has 1 fully saturated rings. The van der Waals surface area contributed by atoms with E-state index in [0.717, 1.165) is 10.8 Å². The summed E-state index contributed by atoms with van der Waals surface area (Å²) in [5.41, 5.74) is -1.23. The van der Waals surface area contributed by atoms with Crippen molar-refractivity contribution in [2.24, 2.45) is 0 Å². The molecule has 3 N–H and O–H groups in total. The van der Waals surface area contributed by atoms with Gasteiger partial charge in [0.2, 0.25) is 0 Å². The highest BCUT2D eigenvalue weighted by molar-refractivity contribution is 6.30. The van der Waals surface area contributed by atoms with Crippen molar-refractivity contribution < 1.29 is 14.9 Å². The van der Waals surface area contributed by atoms with E-state index in [1.165, 1.54) is 0 Å². The minimum absolute atomic E-state index is 0.187. The normalized spacial score (nSPS) is 27.7. The fourth-order valence-electron chi connectivity index (χ4n) is 1.73. The first kappa shape index (κ1) is 13.0. The Morgan fingerprint density at radius 1 is 1.56 bits per heavy atom. The van der Waals surface area contributed by atoms with E-state index in [0.29, 0.717) is 0 Å². The van der Waals surface area contributed by atoms with Gasteiger partial charge in [-0.1, -0.05) is 18.2 Å². The minimum Gasteiger partial charge on any atom is -0.394 e. The maximum atomic E-state index is 11.6. The highest BCUT2D eigenvalue weighted by atomic mass is 35.5. The number of nitrogens with zero attached hydrogens (tertiary/aromatic N) is 1. The predicted molar refractivity (Wildman–Crippen MR) is 62.5 cm³/mol. The zero-order chi connectivity index (χ0) is 13.4. The fourth-order valence-corrected chi connectivity index (χ4v) is 1.89. The molecule has 0 bridgehead atoms. The van der Waals surface area contributed by atoms with Crippen LogP contribution in [0.25, 0.3) is 0 Å². The molecule has 3 atom stereocenters. The van der Waals surface area contributed by atoms with Gasteiger partial charge in [-0.25, -0.2) is 4.79 Å². The van der Waals surface area contributed by atoms with Gasteiger partial charge >= 0.3 is 5.69 Å². The molecule has 8 heteroatoms. The van der Waals surface area contributed by atoms with Gasteiger partial charge in [0.15, 0.2) is 6.23 Å². The largest absolute Gasteiger partial charge is 0.394 e.